The average Bonchev–Trinajstić information content (AvgIpc) is 2.44. The lowest BCUT2D eigenvalue weighted by molar-refractivity contribution is -0.134. The van der Waals surface area contributed by atoms with Gasteiger partial charge in [-0.3, -0.25) is 14.9 Å². The van der Waals surface area contributed by atoms with Crippen LogP contribution in [0.2, 0.25) is 0 Å². The molecule has 112 valence electrons. The van der Waals surface area contributed by atoms with Crippen molar-refractivity contribution < 1.29 is 19.1 Å². The van der Waals surface area contributed by atoms with Gasteiger partial charge in [0.1, 0.15) is 11.7 Å². The van der Waals surface area contributed by atoms with Crippen LogP contribution in [0.25, 0.3) is 0 Å². The number of anilines is 1. The molecule has 1 aliphatic rings. The third-order valence-electron chi connectivity index (χ3n) is 3.23. The summed E-state index contributed by atoms with van der Waals surface area (Å²) in [7, 11) is 0. The highest BCUT2D eigenvalue weighted by Crippen LogP contribution is 2.26. The van der Waals surface area contributed by atoms with Crippen LogP contribution in [0.5, 0.6) is 5.75 Å². The van der Waals surface area contributed by atoms with Gasteiger partial charge < -0.3 is 4.74 Å². The Balaban J connectivity index is 2.32. The number of amides is 4. The summed E-state index contributed by atoms with van der Waals surface area (Å²) in [5.74, 6) is -1.26. The van der Waals surface area contributed by atoms with Crippen LogP contribution in [0.1, 0.15) is 26.7 Å². The summed E-state index contributed by atoms with van der Waals surface area (Å²) in [4.78, 5) is 37.1. The molecule has 1 aromatic carbocycles. The van der Waals surface area contributed by atoms with E-state index in [2.05, 4.69) is 5.32 Å². The maximum absolute atomic E-state index is 12.4. The number of ether oxygens (including phenoxy) is 1. The molecule has 1 N–H and O–H groups in total. The minimum Gasteiger partial charge on any atom is -0.494 e. The van der Waals surface area contributed by atoms with Gasteiger partial charge in [-0.05, 0) is 25.5 Å². The predicted octanol–water partition coefficient (Wildman–Crippen LogP) is 2.08. The van der Waals surface area contributed by atoms with Crippen molar-refractivity contribution in [3.8, 4) is 5.75 Å². The molecule has 0 radical (unpaired) electrons. The van der Waals surface area contributed by atoms with Gasteiger partial charge in [0.05, 0.1) is 12.3 Å². The topological polar surface area (TPSA) is 75.7 Å². The normalized spacial score (nSPS) is 18.7. The van der Waals surface area contributed by atoms with Crippen LogP contribution in [-0.2, 0) is 9.59 Å². The van der Waals surface area contributed by atoms with Crippen LogP contribution in [-0.4, -0.2) is 24.5 Å². The summed E-state index contributed by atoms with van der Waals surface area (Å²) in [5, 5.41) is 2.23. The quantitative estimate of drug-likeness (QED) is 0.842. The van der Waals surface area contributed by atoms with E-state index < -0.39 is 23.8 Å². The van der Waals surface area contributed by atoms with Crippen LogP contribution in [0.4, 0.5) is 10.5 Å². The Bertz CT molecular complexity index is 571. The van der Waals surface area contributed by atoms with Gasteiger partial charge in [0.25, 0.3) is 0 Å². The van der Waals surface area contributed by atoms with Crippen molar-refractivity contribution in [2.24, 2.45) is 5.92 Å². The molecule has 0 saturated carbocycles. The van der Waals surface area contributed by atoms with Crippen molar-refractivity contribution in [1.82, 2.24) is 5.32 Å². The summed E-state index contributed by atoms with van der Waals surface area (Å²) < 4.78 is 5.37. The summed E-state index contributed by atoms with van der Waals surface area (Å²) in [6.07, 6.45) is 1.10. The number of nitrogens with zero attached hydrogens (tertiary/aromatic N) is 1. The van der Waals surface area contributed by atoms with Crippen LogP contribution >= 0.6 is 0 Å². The Morgan fingerprint density at radius 1 is 1.24 bits per heavy atom. The fourth-order valence-electron chi connectivity index (χ4n) is 2.28. The molecule has 0 spiro atoms. The number of benzene rings is 1. The Morgan fingerprint density at radius 2 is 2.00 bits per heavy atom. The summed E-state index contributed by atoms with van der Waals surface area (Å²) in [6, 6.07) is 5.98. The molecule has 6 heteroatoms. The van der Waals surface area contributed by atoms with Crippen molar-refractivity contribution in [1.29, 1.82) is 0 Å². The average molecular weight is 290 g/mol. The molecular formula is C15H18N2O4. The summed E-state index contributed by atoms with van der Waals surface area (Å²) in [5.41, 5.74) is 0.400. The minimum absolute atomic E-state index is 0.400. The third-order valence-corrected chi connectivity index (χ3v) is 3.23. The standard InChI is InChI=1S/C15H18N2O4/c1-3-6-12-13(18)16-15(20)17(14(12)19)10-7-5-8-11(9-10)21-4-2/h5,7-9,12H,3-4,6H2,1-2H3,(H,16,18,20). The van der Waals surface area contributed by atoms with Crippen molar-refractivity contribution in [2.75, 3.05) is 11.5 Å². The van der Waals surface area contributed by atoms with Crippen LogP contribution in [0, 0.1) is 5.92 Å². The second-order valence-corrected chi connectivity index (χ2v) is 4.74. The lowest BCUT2D eigenvalue weighted by Gasteiger charge is -2.30. The van der Waals surface area contributed by atoms with E-state index in [0.717, 1.165) is 4.90 Å². The highest BCUT2D eigenvalue weighted by molar-refractivity contribution is 6.27. The molecule has 21 heavy (non-hydrogen) atoms. The number of carbonyl (C=O) groups is 3. The van der Waals surface area contributed by atoms with Crippen LogP contribution in [0.3, 0.4) is 0 Å². The van der Waals surface area contributed by atoms with Crippen molar-refractivity contribution >= 4 is 23.5 Å². The molecule has 1 unspecified atom stereocenters. The highest BCUT2D eigenvalue weighted by atomic mass is 16.5. The molecule has 6 nitrogen and oxygen atoms in total. The largest absolute Gasteiger partial charge is 0.494 e. The van der Waals surface area contributed by atoms with E-state index in [-0.39, 0.29) is 0 Å². The van der Waals surface area contributed by atoms with Gasteiger partial charge in [-0.15, -0.1) is 0 Å². The number of hydrogen-bond donors (Lipinski definition) is 1. The molecule has 4 amide bonds. The van der Waals surface area contributed by atoms with E-state index >= 15 is 0 Å². The number of nitrogens with one attached hydrogen (secondary N) is 1. The fourth-order valence-corrected chi connectivity index (χ4v) is 2.28. The summed E-state index contributed by atoms with van der Waals surface area (Å²) in [6.45, 7) is 4.22. The first-order valence-electron chi connectivity index (χ1n) is 7.00. The molecule has 1 fully saturated rings. The number of barbiturate groups is 1. The zero-order chi connectivity index (χ0) is 15.4. The van der Waals surface area contributed by atoms with E-state index in [9.17, 15) is 14.4 Å². The Kier molecular flexibility index (Phi) is 4.57. The second-order valence-electron chi connectivity index (χ2n) is 4.74. The Hall–Kier alpha value is -2.37. The minimum atomic E-state index is -0.816. The summed E-state index contributed by atoms with van der Waals surface area (Å²) >= 11 is 0. The Labute approximate surface area is 123 Å². The fraction of sp³-hybridized carbons (Fsp3) is 0.400. The van der Waals surface area contributed by atoms with Gasteiger partial charge in [0, 0.05) is 6.07 Å². The number of rotatable bonds is 5. The molecule has 2 rings (SSSR count). The Morgan fingerprint density at radius 3 is 2.67 bits per heavy atom. The zero-order valence-corrected chi connectivity index (χ0v) is 12.1. The van der Waals surface area contributed by atoms with E-state index in [4.69, 9.17) is 4.74 Å². The molecule has 1 saturated heterocycles. The van der Waals surface area contributed by atoms with Gasteiger partial charge >= 0.3 is 6.03 Å². The van der Waals surface area contributed by atoms with Crippen LogP contribution < -0.4 is 15.0 Å². The van der Waals surface area contributed by atoms with E-state index in [1.54, 1.807) is 24.3 Å². The molecule has 0 aromatic heterocycles. The molecule has 1 aliphatic heterocycles. The maximum atomic E-state index is 12.4. The number of imide groups is 2. The van der Waals surface area contributed by atoms with Gasteiger partial charge in [-0.25, -0.2) is 9.69 Å². The van der Waals surface area contributed by atoms with Crippen molar-refractivity contribution in [3.05, 3.63) is 24.3 Å². The molecule has 0 bridgehead atoms. The molecule has 0 aliphatic carbocycles. The lowest BCUT2D eigenvalue weighted by atomic mass is 9.99. The van der Waals surface area contributed by atoms with Gasteiger partial charge in [-0.2, -0.15) is 0 Å². The molecule has 1 atom stereocenters. The van der Waals surface area contributed by atoms with E-state index in [1.807, 2.05) is 13.8 Å². The van der Waals surface area contributed by atoms with Crippen LogP contribution in [0.15, 0.2) is 24.3 Å². The highest BCUT2D eigenvalue weighted by Gasteiger charge is 2.40. The van der Waals surface area contributed by atoms with Gasteiger partial charge in [0.2, 0.25) is 11.8 Å². The van der Waals surface area contributed by atoms with Crippen molar-refractivity contribution in [2.45, 2.75) is 26.7 Å². The zero-order valence-electron chi connectivity index (χ0n) is 12.1. The van der Waals surface area contributed by atoms with Gasteiger partial charge in [-0.1, -0.05) is 19.4 Å². The predicted molar refractivity (Wildman–Crippen MR) is 77.0 cm³/mol. The third kappa shape index (κ3) is 3.04. The SMILES string of the molecule is CCCC1C(=O)NC(=O)N(c2cccc(OCC)c2)C1=O. The number of urea groups is 1. The number of hydrogen-bond acceptors (Lipinski definition) is 4. The second kappa shape index (κ2) is 6.39. The van der Waals surface area contributed by atoms with E-state index in [0.29, 0.717) is 30.9 Å². The molecule has 1 aromatic rings. The van der Waals surface area contributed by atoms with E-state index in [1.165, 1.54) is 0 Å². The molecular weight excluding hydrogens is 272 g/mol. The smallest absolute Gasteiger partial charge is 0.335 e. The van der Waals surface area contributed by atoms with Crippen molar-refractivity contribution in [3.63, 3.8) is 0 Å². The molecule has 1 heterocycles. The van der Waals surface area contributed by atoms with Gasteiger partial charge in [0.15, 0.2) is 0 Å². The maximum Gasteiger partial charge on any atom is 0.335 e. The lowest BCUT2D eigenvalue weighted by Crippen LogP contribution is -2.58. The first-order chi connectivity index (χ1) is 10.1. The first-order valence-corrected chi connectivity index (χ1v) is 7.00. The monoisotopic (exact) mass is 290 g/mol. The first kappa shape index (κ1) is 15.0. The number of carbonyl (C=O) groups excluding carboxylic acids is 3.